The van der Waals surface area contributed by atoms with Crippen LogP contribution in [0.3, 0.4) is 0 Å². The summed E-state index contributed by atoms with van der Waals surface area (Å²) in [7, 11) is 0. The number of nitrogens with zero attached hydrogens (tertiary/aromatic N) is 1. The minimum Gasteiger partial charge on any atom is -0.326 e. The van der Waals surface area contributed by atoms with Crippen molar-refractivity contribution in [1.29, 1.82) is 5.26 Å². The Morgan fingerprint density at radius 2 is 1.87 bits per heavy atom. The molecule has 3 nitrogen and oxygen atoms in total. The highest BCUT2D eigenvalue weighted by Crippen LogP contribution is 2.29. The van der Waals surface area contributed by atoms with Gasteiger partial charge in [0.15, 0.2) is 0 Å². The average Bonchev–Trinajstić information content (AvgIpc) is 2.49. The molecule has 0 bridgehead atoms. The fourth-order valence-electron chi connectivity index (χ4n) is 2.54. The van der Waals surface area contributed by atoms with E-state index >= 15 is 0 Å². The number of rotatable bonds is 4. The lowest BCUT2D eigenvalue weighted by Gasteiger charge is -2.25. The Kier molecular flexibility index (Phi) is 4.86. The number of amides is 1. The summed E-state index contributed by atoms with van der Waals surface area (Å²) in [6, 6.07) is 15.4. The van der Waals surface area contributed by atoms with E-state index in [1.54, 1.807) is 24.3 Å². The van der Waals surface area contributed by atoms with Crippen LogP contribution in [0.2, 0.25) is 0 Å². The third-order valence-electron chi connectivity index (χ3n) is 4.17. The summed E-state index contributed by atoms with van der Waals surface area (Å²) in [6.07, 6.45) is 0.381. The van der Waals surface area contributed by atoms with Crippen molar-refractivity contribution in [3.8, 4) is 6.07 Å². The van der Waals surface area contributed by atoms with Gasteiger partial charge in [-0.25, -0.2) is 0 Å². The SMILES string of the molecule is Cc1ccc(C(C)(C)CC(=O)Nc2cccc(C#N)c2)cc1C. The number of benzene rings is 2. The first-order valence-corrected chi connectivity index (χ1v) is 7.69. The number of hydrogen-bond acceptors (Lipinski definition) is 2. The van der Waals surface area contributed by atoms with Gasteiger partial charge in [0.1, 0.15) is 0 Å². The smallest absolute Gasteiger partial charge is 0.225 e. The molecule has 118 valence electrons. The number of anilines is 1. The first kappa shape index (κ1) is 16.8. The molecule has 2 aromatic rings. The first-order valence-electron chi connectivity index (χ1n) is 7.69. The molecule has 0 radical (unpaired) electrons. The third-order valence-corrected chi connectivity index (χ3v) is 4.17. The zero-order valence-corrected chi connectivity index (χ0v) is 14.1. The van der Waals surface area contributed by atoms with Gasteiger partial charge in [0.25, 0.3) is 0 Å². The number of nitrogens with one attached hydrogen (secondary N) is 1. The molecule has 0 spiro atoms. The molecule has 0 heterocycles. The Balaban J connectivity index is 2.11. The third kappa shape index (κ3) is 4.20. The Bertz CT molecular complexity index is 769. The van der Waals surface area contributed by atoms with Gasteiger partial charge in [0, 0.05) is 12.1 Å². The highest BCUT2D eigenvalue weighted by molar-refractivity contribution is 5.91. The minimum absolute atomic E-state index is 0.0525. The van der Waals surface area contributed by atoms with E-state index in [1.165, 1.54) is 11.1 Å². The van der Waals surface area contributed by atoms with Crippen LogP contribution < -0.4 is 5.32 Å². The van der Waals surface area contributed by atoms with Crippen molar-refractivity contribution in [3.63, 3.8) is 0 Å². The lowest BCUT2D eigenvalue weighted by molar-refractivity contribution is -0.117. The van der Waals surface area contributed by atoms with E-state index in [0.717, 1.165) is 5.56 Å². The lowest BCUT2D eigenvalue weighted by Crippen LogP contribution is -2.26. The van der Waals surface area contributed by atoms with Crippen LogP contribution in [0.15, 0.2) is 42.5 Å². The highest BCUT2D eigenvalue weighted by atomic mass is 16.1. The molecule has 0 atom stereocenters. The van der Waals surface area contributed by atoms with E-state index in [2.05, 4.69) is 57.3 Å². The summed E-state index contributed by atoms with van der Waals surface area (Å²) >= 11 is 0. The molecule has 0 aliphatic rings. The quantitative estimate of drug-likeness (QED) is 0.905. The maximum atomic E-state index is 12.4. The van der Waals surface area contributed by atoms with Gasteiger partial charge in [-0.1, -0.05) is 38.1 Å². The van der Waals surface area contributed by atoms with Gasteiger partial charge in [0.2, 0.25) is 5.91 Å². The molecule has 1 amide bonds. The van der Waals surface area contributed by atoms with Gasteiger partial charge in [-0.05, 0) is 54.2 Å². The summed E-state index contributed by atoms with van der Waals surface area (Å²) in [5.41, 5.74) is 4.58. The fraction of sp³-hybridized carbons (Fsp3) is 0.300. The highest BCUT2D eigenvalue weighted by Gasteiger charge is 2.24. The van der Waals surface area contributed by atoms with Crippen LogP contribution in [-0.2, 0) is 10.2 Å². The van der Waals surface area contributed by atoms with Gasteiger partial charge in [-0.2, -0.15) is 5.26 Å². The molecule has 2 rings (SSSR count). The van der Waals surface area contributed by atoms with Crippen LogP contribution in [0.1, 0.15) is 42.5 Å². The van der Waals surface area contributed by atoms with Crippen LogP contribution in [0, 0.1) is 25.2 Å². The summed E-state index contributed by atoms with van der Waals surface area (Å²) < 4.78 is 0. The second kappa shape index (κ2) is 6.66. The van der Waals surface area contributed by atoms with Crippen molar-refractivity contribution < 1.29 is 4.79 Å². The second-order valence-electron chi connectivity index (χ2n) is 6.60. The van der Waals surface area contributed by atoms with Crippen LogP contribution in [0.5, 0.6) is 0 Å². The van der Waals surface area contributed by atoms with Crippen molar-refractivity contribution in [2.75, 3.05) is 5.32 Å². The minimum atomic E-state index is -0.255. The standard InChI is InChI=1S/C20H22N2O/c1-14-8-9-17(10-15(14)2)20(3,4)12-19(23)22-18-7-5-6-16(11-18)13-21/h5-11H,12H2,1-4H3,(H,22,23). The Morgan fingerprint density at radius 1 is 1.13 bits per heavy atom. The van der Waals surface area contributed by atoms with Crippen molar-refractivity contribution in [2.45, 2.75) is 39.5 Å². The average molecular weight is 306 g/mol. The zero-order valence-electron chi connectivity index (χ0n) is 14.1. The van der Waals surface area contributed by atoms with Crippen LogP contribution >= 0.6 is 0 Å². The maximum absolute atomic E-state index is 12.4. The largest absolute Gasteiger partial charge is 0.326 e. The van der Waals surface area contributed by atoms with Crippen LogP contribution in [-0.4, -0.2) is 5.91 Å². The normalized spacial score (nSPS) is 10.9. The molecule has 3 heteroatoms. The number of aryl methyl sites for hydroxylation is 2. The maximum Gasteiger partial charge on any atom is 0.225 e. The van der Waals surface area contributed by atoms with Crippen molar-refractivity contribution in [2.24, 2.45) is 0 Å². The Hall–Kier alpha value is -2.60. The summed E-state index contributed by atoms with van der Waals surface area (Å²) in [5.74, 6) is -0.0525. The van der Waals surface area contributed by atoms with Crippen LogP contribution in [0.4, 0.5) is 5.69 Å². The number of carbonyl (C=O) groups is 1. The van der Waals surface area contributed by atoms with Gasteiger partial charge in [-0.15, -0.1) is 0 Å². The van der Waals surface area contributed by atoms with Crippen LogP contribution in [0.25, 0.3) is 0 Å². The molecule has 1 N–H and O–H groups in total. The summed E-state index contributed by atoms with van der Waals surface area (Å²) in [4.78, 5) is 12.4. The van der Waals surface area contributed by atoms with Crippen molar-refractivity contribution >= 4 is 11.6 Å². The van der Waals surface area contributed by atoms with E-state index in [4.69, 9.17) is 5.26 Å². The van der Waals surface area contributed by atoms with Crippen molar-refractivity contribution in [1.82, 2.24) is 0 Å². The lowest BCUT2D eigenvalue weighted by atomic mass is 9.80. The first-order chi connectivity index (χ1) is 10.8. The van der Waals surface area contributed by atoms with Gasteiger partial charge in [-0.3, -0.25) is 4.79 Å². The van der Waals surface area contributed by atoms with E-state index in [1.807, 2.05) is 0 Å². The Labute approximate surface area is 138 Å². The van der Waals surface area contributed by atoms with E-state index in [-0.39, 0.29) is 11.3 Å². The molecule has 0 saturated heterocycles. The summed E-state index contributed by atoms with van der Waals surface area (Å²) in [5, 5.41) is 11.8. The van der Waals surface area contributed by atoms with Crippen molar-refractivity contribution in [3.05, 3.63) is 64.7 Å². The predicted molar refractivity (Wildman–Crippen MR) is 93.3 cm³/mol. The number of nitriles is 1. The van der Waals surface area contributed by atoms with Gasteiger partial charge < -0.3 is 5.32 Å². The molecule has 23 heavy (non-hydrogen) atoms. The molecule has 0 unspecified atom stereocenters. The monoisotopic (exact) mass is 306 g/mol. The van der Waals surface area contributed by atoms with E-state index in [9.17, 15) is 4.79 Å². The molecule has 0 fully saturated rings. The molecular weight excluding hydrogens is 284 g/mol. The fourth-order valence-corrected chi connectivity index (χ4v) is 2.54. The summed E-state index contributed by atoms with van der Waals surface area (Å²) in [6.45, 7) is 8.31. The molecule has 0 saturated carbocycles. The molecule has 0 aliphatic carbocycles. The second-order valence-corrected chi connectivity index (χ2v) is 6.60. The Morgan fingerprint density at radius 3 is 2.52 bits per heavy atom. The van der Waals surface area contributed by atoms with Gasteiger partial charge in [0.05, 0.1) is 11.6 Å². The molecule has 0 aromatic heterocycles. The van der Waals surface area contributed by atoms with E-state index in [0.29, 0.717) is 17.7 Å². The van der Waals surface area contributed by atoms with Gasteiger partial charge >= 0.3 is 0 Å². The predicted octanol–water partition coefficient (Wildman–Crippen LogP) is 4.48. The molecule has 0 aliphatic heterocycles. The molecule has 2 aromatic carbocycles. The van der Waals surface area contributed by atoms with E-state index < -0.39 is 0 Å². The molecular formula is C20H22N2O. The number of hydrogen-bond donors (Lipinski definition) is 1. The zero-order chi connectivity index (χ0) is 17.0. The topological polar surface area (TPSA) is 52.9 Å². The number of carbonyl (C=O) groups excluding carboxylic acids is 1.